The molecule has 1 aromatic carbocycles. The van der Waals surface area contributed by atoms with Gasteiger partial charge in [-0.2, -0.15) is 22.7 Å². The number of aryl methyl sites for hydroxylation is 1. The Balaban J connectivity index is 1.57. The van der Waals surface area contributed by atoms with E-state index in [0.29, 0.717) is 27.7 Å². The van der Waals surface area contributed by atoms with Gasteiger partial charge in [-0.25, -0.2) is 9.67 Å². The number of hydrogen-bond donors (Lipinski definition) is 0. The maximum atomic E-state index is 13.3. The van der Waals surface area contributed by atoms with Crippen molar-refractivity contribution in [2.75, 3.05) is 20.6 Å². The molecule has 0 atom stereocenters. The molecule has 0 bridgehead atoms. The highest BCUT2D eigenvalue weighted by Gasteiger charge is 2.32. The first-order valence-corrected chi connectivity index (χ1v) is 11.6. The number of fused-ring (bicyclic) bond motifs is 1. The highest BCUT2D eigenvalue weighted by Crippen LogP contribution is 2.34. The first-order valence-electron chi connectivity index (χ1n) is 9.82. The standard InChI is InChI=1S/C19H20F3N9S2/c1-12-10-15(33-18-25-27-28-30(18)9-8-29(2)3)31-16(23-12)24-17(26-31)32-11-13-6-4-5-7-14(13)19(20,21)22/h4-7,10H,8-9,11H2,1-3H3. The summed E-state index contributed by atoms with van der Waals surface area (Å²) < 4.78 is 43.1. The molecular formula is C19H20F3N9S2. The number of benzene rings is 1. The number of likely N-dealkylation sites (N-methyl/N-ethyl adjacent to an activating group) is 1. The first kappa shape index (κ1) is 23.4. The predicted octanol–water partition coefficient (Wildman–Crippen LogP) is 3.44. The van der Waals surface area contributed by atoms with Crippen molar-refractivity contribution in [3.63, 3.8) is 0 Å². The summed E-state index contributed by atoms with van der Waals surface area (Å²) in [5, 5.41) is 18.0. The van der Waals surface area contributed by atoms with Crippen LogP contribution in [0.2, 0.25) is 0 Å². The molecule has 0 fully saturated rings. The lowest BCUT2D eigenvalue weighted by Gasteiger charge is -2.11. The Hall–Kier alpha value is -2.71. The Labute approximate surface area is 195 Å². The van der Waals surface area contributed by atoms with Gasteiger partial charge in [0.2, 0.25) is 10.3 Å². The van der Waals surface area contributed by atoms with Crippen molar-refractivity contribution in [2.24, 2.45) is 0 Å². The van der Waals surface area contributed by atoms with Gasteiger partial charge in [-0.15, -0.1) is 10.2 Å². The van der Waals surface area contributed by atoms with Gasteiger partial charge < -0.3 is 4.90 Å². The molecule has 0 spiro atoms. The summed E-state index contributed by atoms with van der Waals surface area (Å²) in [5.74, 6) is 0.438. The zero-order valence-electron chi connectivity index (χ0n) is 18.0. The van der Waals surface area contributed by atoms with Crippen molar-refractivity contribution in [2.45, 2.75) is 40.7 Å². The maximum absolute atomic E-state index is 13.3. The smallest absolute Gasteiger partial charge is 0.308 e. The van der Waals surface area contributed by atoms with Crippen molar-refractivity contribution in [1.29, 1.82) is 0 Å². The number of hydrogen-bond acceptors (Lipinski definition) is 9. The van der Waals surface area contributed by atoms with Gasteiger partial charge in [0, 0.05) is 18.0 Å². The molecule has 9 nitrogen and oxygen atoms in total. The largest absolute Gasteiger partial charge is 0.416 e. The zero-order valence-corrected chi connectivity index (χ0v) is 19.6. The van der Waals surface area contributed by atoms with E-state index in [4.69, 9.17) is 0 Å². The molecule has 0 unspecified atom stereocenters. The van der Waals surface area contributed by atoms with Gasteiger partial charge in [0.05, 0.1) is 12.1 Å². The lowest BCUT2D eigenvalue weighted by atomic mass is 10.1. The lowest BCUT2D eigenvalue weighted by molar-refractivity contribution is -0.138. The average molecular weight is 496 g/mol. The Morgan fingerprint density at radius 1 is 1.12 bits per heavy atom. The van der Waals surface area contributed by atoms with Crippen LogP contribution in [0.5, 0.6) is 0 Å². The molecule has 0 amide bonds. The summed E-state index contributed by atoms with van der Waals surface area (Å²) in [7, 11) is 3.93. The van der Waals surface area contributed by atoms with Gasteiger partial charge in [0.25, 0.3) is 5.78 Å². The van der Waals surface area contributed by atoms with E-state index in [-0.39, 0.29) is 11.3 Å². The predicted molar refractivity (Wildman–Crippen MR) is 117 cm³/mol. The average Bonchev–Trinajstić information content (AvgIpc) is 3.36. The fourth-order valence-electron chi connectivity index (χ4n) is 2.93. The molecule has 0 aliphatic heterocycles. The number of alkyl halides is 3. The van der Waals surface area contributed by atoms with E-state index in [2.05, 4.69) is 30.6 Å². The Morgan fingerprint density at radius 3 is 2.67 bits per heavy atom. The minimum absolute atomic E-state index is 0.0802. The van der Waals surface area contributed by atoms with Crippen molar-refractivity contribution in [3.05, 3.63) is 47.2 Å². The van der Waals surface area contributed by atoms with E-state index in [0.717, 1.165) is 30.1 Å². The highest BCUT2D eigenvalue weighted by atomic mass is 32.2. The number of aromatic nitrogens is 8. The summed E-state index contributed by atoms with van der Waals surface area (Å²) in [6, 6.07) is 7.34. The number of halogens is 3. The van der Waals surface area contributed by atoms with Crippen molar-refractivity contribution < 1.29 is 13.2 Å². The van der Waals surface area contributed by atoms with Crippen molar-refractivity contribution in [3.8, 4) is 0 Å². The fourth-order valence-corrected chi connectivity index (χ4v) is 4.69. The monoisotopic (exact) mass is 495 g/mol. The van der Waals surface area contributed by atoms with Gasteiger partial charge in [0.1, 0.15) is 5.03 Å². The zero-order chi connectivity index (χ0) is 23.6. The minimum Gasteiger partial charge on any atom is -0.308 e. The molecule has 0 saturated carbocycles. The van der Waals surface area contributed by atoms with Crippen LogP contribution in [0, 0.1) is 6.92 Å². The Morgan fingerprint density at radius 2 is 1.91 bits per heavy atom. The number of tetrazole rings is 1. The van der Waals surface area contributed by atoms with Crippen LogP contribution in [0.1, 0.15) is 16.8 Å². The quantitative estimate of drug-likeness (QED) is 0.269. The number of nitrogens with zero attached hydrogens (tertiary/aromatic N) is 9. The minimum atomic E-state index is -4.41. The molecule has 4 aromatic rings. The first-order chi connectivity index (χ1) is 15.7. The number of thioether (sulfide) groups is 1. The van der Waals surface area contributed by atoms with Crippen molar-refractivity contribution >= 4 is 29.3 Å². The molecule has 0 aliphatic rings. The highest BCUT2D eigenvalue weighted by molar-refractivity contribution is 7.99. The van der Waals surface area contributed by atoms with Crippen LogP contribution in [0.4, 0.5) is 13.2 Å². The molecular weight excluding hydrogens is 475 g/mol. The fraction of sp³-hybridized carbons (Fsp3) is 0.368. The third kappa shape index (κ3) is 5.62. The van der Waals surface area contributed by atoms with Gasteiger partial charge in [0.15, 0.2) is 0 Å². The van der Waals surface area contributed by atoms with E-state index >= 15 is 0 Å². The second-order valence-corrected chi connectivity index (χ2v) is 9.31. The van der Waals surface area contributed by atoms with E-state index in [9.17, 15) is 13.2 Å². The summed E-state index contributed by atoms with van der Waals surface area (Å²) >= 11 is 2.44. The SMILES string of the molecule is Cc1cc(Sc2nnnn2CCN(C)C)n2nc(SCc3ccccc3C(F)(F)F)nc2n1. The molecule has 0 N–H and O–H groups in total. The summed E-state index contributed by atoms with van der Waals surface area (Å²) in [4.78, 5) is 10.8. The molecule has 0 aliphatic carbocycles. The molecule has 3 heterocycles. The summed E-state index contributed by atoms with van der Waals surface area (Å²) in [5.41, 5.74) is 0.243. The van der Waals surface area contributed by atoms with Crippen molar-refractivity contribution in [1.82, 2.24) is 44.7 Å². The van der Waals surface area contributed by atoms with Gasteiger partial charge in [-0.05, 0) is 60.9 Å². The summed E-state index contributed by atoms with van der Waals surface area (Å²) in [6.07, 6.45) is -4.41. The molecule has 0 radical (unpaired) electrons. The lowest BCUT2D eigenvalue weighted by Crippen LogP contribution is -2.19. The van der Waals surface area contributed by atoms with Gasteiger partial charge >= 0.3 is 6.18 Å². The van der Waals surface area contributed by atoms with Crippen LogP contribution in [0.15, 0.2) is 45.7 Å². The topological polar surface area (TPSA) is 89.9 Å². The molecule has 174 valence electrons. The third-order valence-corrected chi connectivity index (χ3v) is 6.38. The second kappa shape index (κ2) is 9.65. The van der Waals surface area contributed by atoms with Crippen LogP contribution in [-0.2, 0) is 18.5 Å². The molecule has 3 aromatic heterocycles. The Kier molecular flexibility index (Phi) is 6.86. The van der Waals surface area contributed by atoms with E-state index < -0.39 is 11.7 Å². The van der Waals surface area contributed by atoms with E-state index in [1.807, 2.05) is 32.0 Å². The maximum Gasteiger partial charge on any atom is 0.416 e. The molecule has 33 heavy (non-hydrogen) atoms. The van der Waals surface area contributed by atoms with Crippen LogP contribution < -0.4 is 0 Å². The molecule has 0 saturated heterocycles. The van der Waals surface area contributed by atoms with E-state index in [1.54, 1.807) is 15.3 Å². The van der Waals surface area contributed by atoms with Crippen LogP contribution >= 0.6 is 23.5 Å². The second-order valence-electron chi connectivity index (χ2n) is 7.38. The van der Waals surface area contributed by atoms with Crippen LogP contribution in [-0.4, -0.2) is 65.3 Å². The van der Waals surface area contributed by atoms with Crippen LogP contribution in [0.3, 0.4) is 0 Å². The van der Waals surface area contributed by atoms with Crippen LogP contribution in [0.25, 0.3) is 5.78 Å². The molecule has 4 rings (SSSR count). The normalized spacial score (nSPS) is 12.2. The van der Waals surface area contributed by atoms with Gasteiger partial charge in [-0.1, -0.05) is 30.0 Å². The summed E-state index contributed by atoms with van der Waals surface area (Å²) in [6.45, 7) is 3.22. The Bertz CT molecular complexity index is 1250. The third-order valence-electron chi connectivity index (χ3n) is 4.52. The number of rotatable bonds is 8. The van der Waals surface area contributed by atoms with E-state index in [1.165, 1.54) is 23.9 Å². The van der Waals surface area contributed by atoms with Gasteiger partial charge in [-0.3, -0.25) is 0 Å². The molecule has 14 heteroatoms.